The molecule has 0 saturated carbocycles. The monoisotopic (exact) mass is 281 g/mol. The van der Waals surface area contributed by atoms with Crippen molar-refractivity contribution in [3.63, 3.8) is 0 Å². The Bertz CT molecular complexity index is 690. The maximum absolute atomic E-state index is 14.8. The number of rotatable bonds is 1. The number of hydrogen-bond donors (Lipinski definition) is 1. The molecule has 1 fully saturated rings. The molecule has 1 aliphatic rings. The maximum atomic E-state index is 14.8. The van der Waals surface area contributed by atoms with Crippen LogP contribution in [0.2, 0.25) is 0 Å². The number of nitrogens with zero attached hydrogens (tertiary/aromatic N) is 2. The standard InChI is InChI=1S/C17H16FN3/c18-17(8-7-15-5-1-2-10-20-15)9-11-21(13-17)16-6-3-4-14(19)12-16/h1-6,10,12H,9,11,13,19H2. The fourth-order valence-corrected chi connectivity index (χ4v) is 2.43. The second-order valence-electron chi connectivity index (χ2n) is 5.20. The van der Waals surface area contributed by atoms with Gasteiger partial charge in [0.05, 0.1) is 6.54 Å². The molecule has 0 amide bonds. The molecular weight excluding hydrogens is 265 g/mol. The second kappa shape index (κ2) is 5.45. The highest BCUT2D eigenvalue weighted by Crippen LogP contribution is 2.30. The molecule has 2 N–H and O–H groups in total. The molecule has 21 heavy (non-hydrogen) atoms. The molecule has 4 heteroatoms. The molecule has 2 heterocycles. The highest BCUT2D eigenvalue weighted by molar-refractivity contribution is 5.57. The minimum absolute atomic E-state index is 0.260. The van der Waals surface area contributed by atoms with Crippen molar-refractivity contribution in [3.05, 3.63) is 54.4 Å². The van der Waals surface area contributed by atoms with Crippen LogP contribution in [0.1, 0.15) is 12.1 Å². The normalized spacial score (nSPS) is 20.9. The summed E-state index contributed by atoms with van der Waals surface area (Å²) in [5, 5.41) is 0. The van der Waals surface area contributed by atoms with E-state index in [4.69, 9.17) is 5.73 Å². The van der Waals surface area contributed by atoms with E-state index in [0.717, 1.165) is 5.69 Å². The lowest BCUT2D eigenvalue weighted by Crippen LogP contribution is -2.27. The molecular formula is C17H16FN3. The summed E-state index contributed by atoms with van der Waals surface area (Å²) < 4.78 is 14.8. The molecule has 0 bridgehead atoms. The van der Waals surface area contributed by atoms with Gasteiger partial charge in [0.15, 0.2) is 5.67 Å². The predicted molar refractivity (Wildman–Crippen MR) is 82.6 cm³/mol. The first-order chi connectivity index (χ1) is 10.1. The number of halogens is 1. The minimum atomic E-state index is -1.50. The summed E-state index contributed by atoms with van der Waals surface area (Å²) in [6, 6.07) is 12.9. The Hall–Kier alpha value is -2.54. The molecule has 0 spiro atoms. The fraction of sp³-hybridized carbons (Fsp3) is 0.235. The van der Waals surface area contributed by atoms with Gasteiger partial charge in [0, 0.05) is 30.5 Å². The maximum Gasteiger partial charge on any atom is 0.190 e. The van der Waals surface area contributed by atoms with Gasteiger partial charge in [-0.3, -0.25) is 0 Å². The number of benzene rings is 1. The fourth-order valence-electron chi connectivity index (χ4n) is 2.43. The second-order valence-corrected chi connectivity index (χ2v) is 5.20. The Morgan fingerprint density at radius 2 is 2.14 bits per heavy atom. The van der Waals surface area contributed by atoms with Crippen LogP contribution in [0.25, 0.3) is 0 Å². The summed E-state index contributed by atoms with van der Waals surface area (Å²) in [7, 11) is 0. The number of alkyl halides is 1. The third-order valence-electron chi connectivity index (χ3n) is 3.53. The quantitative estimate of drug-likeness (QED) is 0.645. The van der Waals surface area contributed by atoms with Crippen LogP contribution in [0.4, 0.5) is 15.8 Å². The van der Waals surface area contributed by atoms with Gasteiger partial charge in [0.1, 0.15) is 5.69 Å². The molecule has 106 valence electrons. The van der Waals surface area contributed by atoms with Crippen LogP contribution in [0.5, 0.6) is 0 Å². The Morgan fingerprint density at radius 1 is 1.24 bits per heavy atom. The van der Waals surface area contributed by atoms with Gasteiger partial charge < -0.3 is 10.6 Å². The summed E-state index contributed by atoms with van der Waals surface area (Å²) in [6.07, 6.45) is 2.05. The molecule has 3 nitrogen and oxygen atoms in total. The topological polar surface area (TPSA) is 42.1 Å². The molecule has 1 aliphatic heterocycles. The van der Waals surface area contributed by atoms with Crippen LogP contribution in [-0.4, -0.2) is 23.7 Å². The molecule has 1 unspecified atom stereocenters. The number of aromatic nitrogens is 1. The summed E-state index contributed by atoms with van der Waals surface area (Å²) in [4.78, 5) is 6.06. The van der Waals surface area contributed by atoms with E-state index in [1.54, 1.807) is 12.3 Å². The van der Waals surface area contributed by atoms with Crippen LogP contribution in [0.15, 0.2) is 48.7 Å². The number of anilines is 2. The number of nitrogen functional groups attached to an aromatic ring is 1. The third kappa shape index (κ3) is 3.14. The first-order valence-corrected chi connectivity index (χ1v) is 6.88. The molecule has 0 aliphatic carbocycles. The Labute approximate surface area is 123 Å². The SMILES string of the molecule is Nc1cccc(N2CCC(F)(C#Cc3ccccn3)C2)c1. The van der Waals surface area contributed by atoms with Crippen molar-refractivity contribution in [1.29, 1.82) is 0 Å². The van der Waals surface area contributed by atoms with Crippen LogP contribution in [0.3, 0.4) is 0 Å². The largest absolute Gasteiger partial charge is 0.399 e. The van der Waals surface area contributed by atoms with Crippen molar-refractivity contribution >= 4 is 11.4 Å². The lowest BCUT2D eigenvalue weighted by atomic mass is 10.1. The van der Waals surface area contributed by atoms with Gasteiger partial charge in [-0.1, -0.05) is 18.1 Å². The Balaban J connectivity index is 1.75. The molecule has 0 radical (unpaired) electrons. The number of nitrogens with two attached hydrogens (primary N) is 1. The molecule has 1 saturated heterocycles. The number of pyridine rings is 1. The summed E-state index contributed by atoms with van der Waals surface area (Å²) in [5.74, 6) is 5.56. The van der Waals surface area contributed by atoms with Crippen LogP contribution >= 0.6 is 0 Å². The third-order valence-corrected chi connectivity index (χ3v) is 3.53. The van der Waals surface area contributed by atoms with E-state index in [-0.39, 0.29) is 6.54 Å². The molecule has 1 aromatic carbocycles. The molecule has 1 aromatic heterocycles. The van der Waals surface area contributed by atoms with E-state index < -0.39 is 5.67 Å². The van der Waals surface area contributed by atoms with E-state index in [2.05, 4.69) is 16.8 Å². The summed E-state index contributed by atoms with van der Waals surface area (Å²) in [6.45, 7) is 0.896. The van der Waals surface area contributed by atoms with Gasteiger partial charge >= 0.3 is 0 Å². The van der Waals surface area contributed by atoms with Crippen LogP contribution in [0, 0.1) is 11.8 Å². The van der Waals surface area contributed by atoms with Crippen molar-refractivity contribution in [3.8, 4) is 11.8 Å². The van der Waals surface area contributed by atoms with Crippen molar-refractivity contribution < 1.29 is 4.39 Å². The average Bonchev–Trinajstić information content (AvgIpc) is 2.90. The van der Waals surface area contributed by atoms with Gasteiger partial charge in [0.2, 0.25) is 0 Å². The van der Waals surface area contributed by atoms with E-state index in [9.17, 15) is 4.39 Å². The van der Waals surface area contributed by atoms with Crippen molar-refractivity contribution in [2.75, 3.05) is 23.7 Å². The van der Waals surface area contributed by atoms with E-state index in [1.807, 2.05) is 41.3 Å². The van der Waals surface area contributed by atoms with E-state index >= 15 is 0 Å². The van der Waals surface area contributed by atoms with Crippen LogP contribution < -0.4 is 10.6 Å². The van der Waals surface area contributed by atoms with E-state index in [1.165, 1.54) is 0 Å². The van der Waals surface area contributed by atoms with Gasteiger partial charge in [0.25, 0.3) is 0 Å². The summed E-state index contributed by atoms with van der Waals surface area (Å²) >= 11 is 0. The van der Waals surface area contributed by atoms with Crippen molar-refractivity contribution in [1.82, 2.24) is 4.98 Å². The predicted octanol–water partition coefficient (Wildman–Crippen LogP) is 2.63. The first-order valence-electron chi connectivity index (χ1n) is 6.88. The number of hydrogen-bond acceptors (Lipinski definition) is 3. The molecule has 1 atom stereocenters. The highest BCUT2D eigenvalue weighted by Gasteiger charge is 2.36. The zero-order valence-electron chi connectivity index (χ0n) is 11.6. The highest BCUT2D eigenvalue weighted by atomic mass is 19.1. The lowest BCUT2D eigenvalue weighted by Gasteiger charge is -2.19. The molecule has 3 rings (SSSR count). The van der Waals surface area contributed by atoms with Crippen molar-refractivity contribution in [2.24, 2.45) is 0 Å². The summed E-state index contributed by atoms with van der Waals surface area (Å²) in [5.41, 5.74) is 6.49. The zero-order valence-corrected chi connectivity index (χ0v) is 11.6. The Morgan fingerprint density at radius 3 is 2.90 bits per heavy atom. The first kappa shape index (κ1) is 13.4. The van der Waals surface area contributed by atoms with Crippen molar-refractivity contribution in [2.45, 2.75) is 12.1 Å². The van der Waals surface area contributed by atoms with Crippen LogP contribution in [-0.2, 0) is 0 Å². The Kier molecular flexibility index (Phi) is 3.49. The lowest BCUT2D eigenvalue weighted by molar-refractivity contribution is 0.274. The van der Waals surface area contributed by atoms with Gasteiger partial charge in [-0.2, -0.15) is 0 Å². The molecule has 2 aromatic rings. The average molecular weight is 281 g/mol. The smallest absolute Gasteiger partial charge is 0.190 e. The van der Waals surface area contributed by atoms with Gasteiger partial charge in [-0.25, -0.2) is 9.37 Å². The minimum Gasteiger partial charge on any atom is -0.399 e. The van der Waals surface area contributed by atoms with Gasteiger partial charge in [-0.05, 0) is 36.3 Å². The zero-order chi connectivity index (χ0) is 14.7. The van der Waals surface area contributed by atoms with Gasteiger partial charge in [-0.15, -0.1) is 0 Å². The van der Waals surface area contributed by atoms with E-state index in [0.29, 0.717) is 24.3 Å².